The highest BCUT2D eigenvalue weighted by Crippen LogP contribution is 2.04. The predicted octanol–water partition coefficient (Wildman–Crippen LogP) is 2.85. The predicted molar refractivity (Wildman–Crippen MR) is 81.2 cm³/mol. The Morgan fingerprint density at radius 2 is 1.21 bits per heavy atom. The molecule has 100 valence electrons. The van der Waals surface area contributed by atoms with Gasteiger partial charge in [0.15, 0.2) is 0 Å². The second-order valence-corrected chi connectivity index (χ2v) is 5.11. The van der Waals surface area contributed by atoms with E-state index in [9.17, 15) is 0 Å². The van der Waals surface area contributed by atoms with Gasteiger partial charge in [0.1, 0.15) is 13.1 Å². The Bertz CT molecular complexity index is 473. The number of nitrogens with one attached hydrogen (secondary N) is 1. The van der Waals surface area contributed by atoms with Gasteiger partial charge in [-0.15, -0.1) is 0 Å². The van der Waals surface area contributed by atoms with Gasteiger partial charge in [0.2, 0.25) is 0 Å². The van der Waals surface area contributed by atoms with Crippen molar-refractivity contribution in [1.29, 1.82) is 0 Å². The van der Waals surface area contributed by atoms with E-state index in [-0.39, 0.29) is 0 Å². The van der Waals surface area contributed by atoms with E-state index in [0.29, 0.717) is 0 Å². The maximum Gasteiger partial charge on any atom is 0.103 e. The smallest absolute Gasteiger partial charge is 0.103 e. The average Bonchev–Trinajstić information content (AvgIpc) is 2.48. The molecule has 2 aromatic carbocycles. The van der Waals surface area contributed by atoms with Gasteiger partial charge >= 0.3 is 0 Å². The Morgan fingerprint density at radius 1 is 0.684 bits per heavy atom. The summed E-state index contributed by atoms with van der Waals surface area (Å²) in [6, 6.07) is 19.8. The van der Waals surface area contributed by atoms with Gasteiger partial charge in [-0.2, -0.15) is 0 Å². The molecular weight excluding hydrogens is 230 g/mol. The lowest BCUT2D eigenvalue weighted by atomic mass is 10.1. The van der Waals surface area contributed by atoms with Crippen LogP contribution in [0.4, 0.5) is 0 Å². The summed E-state index contributed by atoms with van der Waals surface area (Å²) in [6.45, 7) is 7.83. The minimum absolute atomic E-state index is 1.10. The summed E-state index contributed by atoms with van der Waals surface area (Å²) in [5.41, 5.74) is 4.28. The van der Waals surface area contributed by atoms with Gasteiger partial charge in [0, 0.05) is 11.1 Å². The zero-order chi connectivity index (χ0) is 13.5. The number of benzene rings is 2. The topological polar surface area (TPSA) is 4.44 Å². The van der Waals surface area contributed by atoms with E-state index in [2.05, 4.69) is 68.4 Å². The molecule has 0 fully saturated rings. The number of hydrogen-bond donors (Lipinski definition) is 1. The van der Waals surface area contributed by atoms with Crippen molar-refractivity contribution in [1.82, 2.24) is 0 Å². The normalized spacial score (nSPS) is 12.3. The van der Waals surface area contributed by atoms with E-state index >= 15 is 0 Å². The molecule has 2 rings (SSSR count). The highest BCUT2D eigenvalue weighted by atomic mass is 15.1. The molecule has 0 aliphatic heterocycles. The molecule has 0 aliphatic rings. The quantitative estimate of drug-likeness (QED) is 0.808. The molecular formula is C18H24N+. The van der Waals surface area contributed by atoms with E-state index in [1.807, 2.05) is 0 Å². The molecule has 1 heteroatoms. The maximum absolute atomic E-state index is 2.28. The molecule has 0 amide bonds. The van der Waals surface area contributed by atoms with E-state index in [1.165, 1.54) is 16.7 Å². The number of quaternary nitrogens is 1. The van der Waals surface area contributed by atoms with Crippen LogP contribution in [0.5, 0.6) is 0 Å². The molecule has 0 aliphatic carbocycles. The first-order valence-electron chi connectivity index (χ1n) is 7.27. The Hall–Kier alpha value is -1.60. The molecule has 0 saturated carbocycles. The molecule has 0 saturated heterocycles. The first-order valence-corrected chi connectivity index (χ1v) is 7.27. The Morgan fingerprint density at radius 3 is 1.74 bits per heavy atom. The van der Waals surface area contributed by atoms with Crippen LogP contribution in [0.15, 0.2) is 54.6 Å². The van der Waals surface area contributed by atoms with Gasteiger partial charge in [-0.3, -0.25) is 0 Å². The molecule has 1 unspecified atom stereocenters. The van der Waals surface area contributed by atoms with Crippen LogP contribution < -0.4 is 4.90 Å². The van der Waals surface area contributed by atoms with E-state index < -0.39 is 0 Å². The van der Waals surface area contributed by atoms with E-state index in [1.54, 1.807) is 4.90 Å². The lowest BCUT2D eigenvalue weighted by Gasteiger charge is -2.18. The minimum Gasteiger partial charge on any atom is -0.328 e. The number of hydrogen-bond acceptors (Lipinski definition) is 0. The standard InChI is InChI=1S/C18H23N/c1-3-16-10-12-18(13-11-16)15-19(4-2)14-17-8-6-5-7-9-17/h5-13H,3-4,14-15H2,1-2H3/p+1. The second-order valence-electron chi connectivity index (χ2n) is 5.11. The van der Waals surface area contributed by atoms with Gasteiger partial charge in [-0.1, -0.05) is 61.5 Å². The van der Waals surface area contributed by atoms with Crippen LogP contribution in [0.3, 0.4) is 0 Å². The van der Waals surface area contributed by atoms with Gasteiger partial charge in [-0.25, -0.2) is 0 Å². The zero-order valence-electron chi connectivity index (χ0n) is 12.0. The Balaban J connectivity index is 1.98. The molecule has 0 spiro atoms. The summed E-state index contributed by atoms with van der Waals surface area (Å²) in [7, 11) is 0. The summed E-state index contributed by atoms with van der Waals surface area (Å²) in [4.78, 5) is 1.61. The molecule has 2 aromatic rings. The van der Waals surface area contributed by atoms with E-state index in [4.69, 9.17) is 0 Å². The third-order valence-electron chi connectivity index (χ3n) is 3.68. The lowest BCUT2D eigenvalue weighted by Crippen LogP contribution is -3.09. The third-order valence-corrected chi connectivity index (χ3v) is 3.68. The van der Waals surface area contributed by atoms with Crippen molar-refractivity contribution in [2.45, 2.75) is 33.4 Å². The van der Waals surface area contributed by atoms with Crippen molar-refractivity contribution in [3.05, 3.63) is 71.3 Å². The molecule has 1 N–H and O–H groups in total. The van der Waals surface area contributed by atoms with Crippen molar-refractivity contribution < 1.29 is 4.90 Å². The molecule has 0 aromatic heterocycles. The molecule has 1 nitrogen and oxygen atoms in total. The van der Waals surface area contributed by atoms with Crippen molar-refractivity contribution in [2.24, 2.45) is 0 Å². The lowest BCUT2D eigenvalue weighted by molar-refractivity contribution is -0.925. The Kier molecular flexibility index (Phi) is 5.17. The molecule has 0 heterocycles. The zero-order valence-corrected chi connectivity index (χ0v) is 12.0. The van der Waals surface area contributed by atoms with Gasteiger partial charge in [0.25, 0.3) is 0 Å². The van der Waals surface area contributed by atoms with Crippen LogP contribution in [-0.2, 0) is 19.5 Å². The SMILES string of the molecule is CCc1ccc(C[NH+](CC)Cc2ccccc2)cc1. The summed E-state index contributed by atoms with van der Waals surface area (Å²) in [6.07, 6.45) is 1.12. The first kappa shape index (κ1) is 13.8. The van der Waals surface area contributed by atoms with Gasteiger partial charge < -0.3 is 4.90 Å². The maximum atomic E-state index is 2.28. The minimum atomic E-state index is 1.10. The monoisotopic (exact) mass is 254 g/mol. The van der Waals surface area contributed by atoms with Gasteiger partial charge in [0.05, 0.1) is 6.54 Å². The Labute approximate surface area is 116 Å². The molecule has 0 bridgehead atoms. The largest absolute Gasteiger partial charge is 0.328 e. The fraction of sp³-hybridized carbons (Fsp3) is 0.333. The first-order chi connectivity index (χ1) is 9.31. The highest BCUT2D eigenvalue weighted by Gasteiger charge is 2.08. The molecule has 1 atom stereocenters. The van der Waals surface area contributed by atoms with Crippen molar-refractivity contribution in [3.63, 3.8) is 0 Å². The van der Waals surface area contributed by atoms with Crippen molar-refractivity contribution >= 4 is 0 Å². The van der Waals surface area contributed by atoms with Gasteiger partial charge in [-0.05, 0) is 18.9 Å². The van der Waals surface area contributed by atoms with Crippen molar-refractivity contribution in [3.8, 4) is 0 Å². The van der Waals surface area contributed by atoms with E-state index in [0.717, 1.165) is 26.1 Å². The highest BCUT2D eigenvalue weighted by molar-refractivity contribution is 5.21. The van der Waals surface area contributed by atoms with Crippen LogP contribution in [0.1, 0.15) is 30.5 Å². The van der Waals surface area contributed by atoms with Crippen LogP contribution in [-0.4, -0.2) is 6.54 Å². The molecule has 19 heavy (non-hydrogen) atoms. The van der Waals surface area contributed by atoms with Crippen LogP contribution in [0, 0.1) is 0 Å². The fourth-order valence-electron chi connectivity index (χ4n) is 2.38. The fourth-order valence-corrected chi connectivity index (χ4v) is 2.38. The van der Waals surface area contributed by atoms with Crippen LogP contribution in [0.2, 0.25) is 0 Å². The summed E-state index contributed by atoms with van der Waals surface area (Å²) < 4.78 is 0. The number of aryl methyl sites for hydroxylation is 1. The summed E-state index contributed by atoms with van der Waals surface area (Å²) >= 11 is 0. The average molecular weight is 254 g/mol. The molecule has 0 radical (unpaired) electrons. The summed E-state index contributed by atoms with van der Waals surface area (Å²) in [5, 5.41) is 0. The van der Waals surface area contributed by atoms with Crippen LogP contribution >= 0.6 is 0 Å². The third kappa shape index (κ3) is 4.22. The van der Waals surface area contributed by atoms with Crippen LogP contribution in [0.25, 0.3) is 0 Å². The van der Waals surface area contributed by atoms with Crippen molar-refractivity contribution in [2.75, 3.05) is 6.54 Å². The number of rotatable bonds is 6. The second kappa shape index (κ2) is 7.10. The summed E-state index contributed by atoms with van der Waals surface area (Å²) in [5.74, 6) is 0.